The van der Waals surface area contributed by atoms with Crippen LogP contribution in [0.3, 0.4) is 0 Å². The number of hydrazone groups is 1. The Morgan fingerprint density at radius 3 is 2.48 bits per heavy atom. The van der Waals surface area contributed by atoms with Crippen molar-refractivity contribution in [3.05, 3.63) is 71.0 Å². The van der Waals surface area contributed by atoms with E-state index in [0.29, 0.717) is 29.6 Å². The molecule has 0 N–H and O–H groups in total. The molecular formula is C22H20N4O3. The lowest BCUT2D eigenvalue weighted by atomic mass is 10.1. The van der Waals surface area contributed by atoms with E-state index >= 15 is 0 Å². The molecule has 1 aliphatic rings. The highest BCUT2D eigenvalue weighted by Gasteiger charge is 2.23. The monoisotopic (exact) mass is 388 g/mol. The molecule has 7 nitrogen and oxygen atoms in total. The van der Waals surface area contributed by atoms with Crippen LogP contribution in [0.5, 0.6) is 0 Å². The van der Waals surface area contributed by atoms with Gasteiger partial charge in [-0.05, 0) is 37.6 Å². The first kappa shape index (κ1) is 18.7. The molecule has 2 heterocycles. The minimum absolute atomic E-state index is 0.331. The summed E-state index contributed by atoms with van der Waals surface area (Å²) in [5.41, 5.74) is 5.15. The zero-order valence-electron chi connectivity index (χ0n) is 16.3. The smallest absolute Gasteiger partial charge is 0.338 e. The largest absolute Gasteiger partial charge is 0.452 e. The third-order valence-corrected chi connectivity index (χ3v) is 4.83. The zero-order chi connectivity index (χ0) is 20.4. The van der Waals surface area contributed by atoms with Gasteiger partial charge < -0.3 is 4.74 Å². The summed E-state index contributed by atoms with van der Waals surface area (Å²) in [5.74, 6) is -0.928. The maximum absolute atomic E-state index is 12.4. The Labute approximate surface area is 168 Å². The first-order chi connectivity index (χ1) is 14.0. The van der Waals surface area contributed by atoms with Crippen LogP contribution in [0.25, 0.3) is 11.0 Å². The fourth-order valence-electron chi connectivity index (χ4n) is 3.11. The van der Waals surface area contributed by atoms with Gasteiger partial charge in [-0.1, -0.05) is 30.3 Å². The summed E-state index contributed by atoms with van der Waals surface area (Å²) >= 11 is 0. The van der Waals surface area contributed by atoms with Gasteiger partial charge in [0, 0.05) is 6.42 Å². The van der Waals surface area contributed by atoms with E-state index in [4.69, 9.17) is 4.74 Å². The van der Waals surface area contributed by atoms with E-state index in [9.17, 15) is 9.59 Å². The number of fused-ring (bicyclic) bond motifs is 1. The average Bonchev–Trinajstić information content (AvgIpc) is 3.23. The van der Waals surface area contributed by atoms with Crippen LogP contribution in [-0.2, 0) is 9.53 Å². The first-order valence-corrected chi connectivity index (χ1v) is 9.36. The number of nitrogens with zero attached hydrogens (tertiary/aromatic N) is 4. The van der Waals surface area contributed by atoms with Crippen LogP contribution < -0.4 is 0 Å². The van der Waals surface area contributed by atoms with Gasteiger partial charge in [0.25, 0.3) is 5.91 Å². The number of carbonyl (C=O) groups excluding carboxylic acids is 2. The van der Waals surface area contributed by atoms with Crippen LogP contribution in [-0.4, -0.2) is 45.7 Å². The molecule has 7 heteroatoms. The molecule has 0 atom stereocenters. The summed E-state index contributed by atoms with van der Waals surface area (Å²) in [6.45, 7) is 3.87. The number of aryl methyl sites for hydroxylation is 2. The van der Waals surface area contributed by atoms with E-state index in [0.717, 1.165) is 22.7 Å². The van der Waals surface area contributed by atoms with Crippen LogP contribution in [0.1, 0.15) is 33.7 Å². The molecule has 4 rings (SSSR count). The molecule has 0 spiro atoms. The van der Waals surface area contributed by atoms with E-state index in [1.165, 1.54) is 5.01 Å². The molecule has 1 amide bonds. The first-order valence-electron chi connectivity index (χ1n) is 9.36. The fraction of sp³-hybridized carbons (Fsp3) is 0.227. The van der Waals surface area contributed by atoms with Gasteiger partial charge in [-0.3, -0.25) is 4.79 Å². The molecule has 2 aromatic carbocycles. The molecular weight excluding hydrogens is 368 g/mol. The number of aromatic nitrogens is 2. The third kappa shape index (κ3) is 3.99. The lowest BCUT2D eigenvalue weighted by Gasteiger charge is -2.11. The topological polar surface area (TPSA) is 84.8 Å². The van der Waals surface area contributed by atoms with E-state index < -0.39 is 5.97 Å². The Hall–Kier alpha value is -3.61. The van der Waals surface area contributed by atoms with Gasteiger partial charge >= 0.3 is 5.97 Å². The molecule has 1 aliphatic heterocycles. The Balaban J connectivity index is 1.41. The number of ether oxygens (including phenoxy) is 1. The van der Waals surface area contributed by atoms with Gasteiger partial charge in [0.05, 0.1) is 40.2 Å². The molecule has 0 saturated carbocycles. The van der Waals surface area contributed by atoms with Crippen LogP contribution in [0.15, 0.2) is 53.6 Å². The van der Waals surface area contributed by atoms with Crippen LogP contribution in [0, 0.1) is 13.8 Å². The number of hydrogen-bond donors (Lipinski definition) is 0. The molecule has 0 radical (unpaired) electrons. The van der Waals surface area contributed by atoms with E-state index in [2.05, 4.69) is 15.1 Å². The van der Waals surface area contributed by atoms with E-state index in [1.807, 2.05) is 44.2 Å². The summed E-state index contributed by atoms with van der Waals surface area (Å²) in [4.78, 5) is 33.6. The third-order valence-electron chi connectivity index (χ3n) is 4.83. The number of carbonyl (C=O) groups is 2. The number of esters is 1. The van der Waals surface area contributed by atoms with Crippen molar-refractivity contribution in [2.24, 2.45) is 5.10 Å². The molecule has 146 valence electrons. The van der Waals surface area contributed by atoms with Crippen molar-refractivity contribution >= 4 is 28.6 Å². The maximum Gasteiger partial charge on any atom is 0.338 e. The number of benzene rings is 2. The lowest BCUT2D eigenvalue weighted by Crippen LogP contribution is -2.28. The molecule has 0 saturated heterocycles. The van der Waals surface area contributed by atoms with Gasteiger partial charge in [0.1, 0.15) is 0 Å². The minimum Gasteiger partial charge on any atom is -0.452 e. The highest BCUT2D eigenvalue weighted by atomic mass is 16.5. The lowest BCUT2D eigenvalue weighted by molar-refractivity contribution is -0.134. The molecule has 0 bridgehead atoms. The second-order valence-corrected chi connectivity index (χ2v) is 6.85. The molecule has 0 unspecified atom stereocenters. The summed E-state index contributed by atoms with van der Waals surface area (Å²) in [7, 11) is 0. The highest BCUT2D eigenvalue weighted by molar-refractivity contribution is 6.02. The predicted molar refractivity (Wildman–Crippen MR) is 109 cm³/mol. The van der Waals surface area contributed by atoms with Crippen molar-refractivity contribution < 1.29 is 14.3 Å². The molecule has 0 fully saturated rings. The van der Waals surface area contributed by atoms with E-state index in [-0.39, 0.29) is 12.5 Å². The average molecular weight is 388 g/mol. The van der Waals surface area contributed by atoms with Crippen LogP contribution in [0.4, 0.5) is 0 Å². The summed E-state index contributed by atoms with van der Waals surface area (Å²) in [5, 5.41) is 5.71. The molecule has 29 heavy (non-hydrogen) atoms. The van der Waals surface area contributed by atoms with Crippen molar-refractivity contribution in [3.8, 4) is 0 Å². The maximum atomic E-state index is 12.4. The number of hydrogen-bond acceptors (Lipinski definition) is 6. The van der Waals surface area contributed by atoms with Crippen molar-refractivity contribution in [2.45, 2.75) is 20.3 Å². The SMILES string of the molecule is Cc1nc2ccc(C(=O)OCC(=O)N3CCC(c4ccccc4)=N3)cc2nc1C. The highest BCUT2D eigenvalue weighted by Crippen LogP contribution is 2.16. The standard InChI is InChI=1S/C22H20N4O3/c1-14-15(2)24-20-12-17(8-9-19(20)23-14)22(28)29-13-21(27)26-11-10-18(25-26)16-6-4-3-5-7-16/h3-9,12H,10-11,13H2,1-2H3. The van der Waals surface area contributed by atoms with Gasteiger partial charge in [-0.2, -0.15) is 5.10 Å². The summed E-state index contributed by atoms with van der Waals surface area (Å²) in [6, 6.07) is 14.7. The number of amides is 1. The van der Waals surface area contributed by atoms with Crippen LogP contribution in [0.2, 0.25) is 0 Å². The van der Waals surface area contributed by atoms with Gasteiger partial charge in [0.2, 0.25) is 0 Å². The quantitative estimate of drug-likeness (QED) is 0.642. The Kier molecular flexibility index (Phi) is 5.03. The normalized spacial score (nSPS) is 13.4. The van der Waals surface area contributed by atoms with Crippen LogP contribution >= 0.6 is 0 Å². The minimum atomic E-state index is -0.577. The fourth-order valence-corrected chi connectivity index (χ4v) is 3.11. The zero-order valence-corrected chi connectivity index (χ0v) is 16.3. The Bertz CT molecular complexity index is 1130. The van der Waals surface area contributed by atoms with Crippen molar-refractivity contribution in [2.75, 3.05) is 13.2 Å². The second-order valence-electron chi connectivity index (χ2n) is 6.85. The summed E-state index contributed by atoms with van der Waals surface area (Å²) < 4.78 is 5.20. The predicted octanol–water partition coefficient (Wildman–Crippen LogP) is 3.04. The van der Waals surface area contributed by atoms with Crippen molar-refractivity contribution in [1.29, 1.82) is 0 Å². The molecule has 1 aromatic heterocycles. The summed E-state index contributed by atoms with van der Waals surface area (Å²) in [6.07, 6.45) is 0.672. The Morgan fingerprint density at radius 1 is 1.00 bits per heavy atom. The van der Waals surface area contributed by atoms with Crippen molar-refractivity contribution in [1.82, 2.24) is 15.0 Å². The van der Waals surface area contributed by atoms with Gasteiger partial charge in [-0.15, -0.1) is 0 Å². The van der Waals surface area contributed by atoms with Gasteiger partial charge in [0.15, 0.2) is 6.61 Å². The number of rotatable bonds is 4. The Morgan fingerprint density at radius 2 is 1.72 bits per heavy atom. The molecule has 0 aliphatic carbocycles. The van der Waals surface area contributed by atoms with E-state index in [1.54, 1.807) is 18.2 Å². The van der Waals surface area contributed by atoms with Gasteiger partial charge in [-0.25, -0.2) is 19.8 Å². The molecule has 3 aromatic rings. The second kappa shape index (κ2) is 7.79. The van der Waals surface area contributed by atoms with Crippen molar-refractivity contribution in [3.63, 3.8) is 0 Å².